The van der Waals surface area contributed by atoms with Gasteiger partial charge >= 0.3 is 5.97 Å². The van der Waals surface area contributed by atoms with Gasteiger partial charge in [0.25, 0.3) is 11.1 Å². The molecule has 144 valence electrons. The highest BCUT2D eigenvalue weighted by Gasteiger charge is 2.25. The predicted octanol–water partition coefficient (Wildman–Crippen LogP) is 3.18. The molecule has 0 atom stereocenters. The van der Waals surface area contributed by atoms with Crippen LogP contribution in [0.15, 0.2) is 47.4 Å². The standard InChI is InChI=1S/C20H17NO6S/c1-25-14-6-3-12(4-7-14)11-18(22)27-15-8-5-13(9-16(15)26-2)10-17-19(23)21-20(24)28-17/h3-10H,11H2,1-2H3,(H,21,23,24). The van der Waals surface area contributed by atoms with E-state index < -0.39 is 17.1 Å². The summed E-state index contributed by atoms with van der Waals surface area (Å²) in [5.41, 5.74) is 1.43. The molecule has 8 heteroatoms. The fourth-order valence-electron chi connectivity index (χ4n) is 2.50. The van der Waals surface area contributed by atoms with Crippen LogP contribution in [-0.4, -0.2) is 31.3 Å². The molecule has 7 nitrogen and oxygen atoms in total. The Kier molecular flexibility index (Phi) is 6.00. The largest absolute Gasteiger partial charge is 0.497 e. The second kappa shape index (κ2) is 8.62. The Bertz CT molecular complexity index is 952. The molecule has 0 spiro atoms. The van der Waals surface area contributed by atoms with E-state index in [1.165, 1.54) is 7.11 Å². The van der Waals surface area contributed by atoms with Gasteiger partial charge in [-0.1, -0.05) is 18.2 Å². The molecule has 2 aromatic carbocycles. The van der Waals surface area contributed by atoms with Crippen molar-refractivity contribution in [2.24, 2.45) is 0 Å². The molecule has 0 radical (unpaired) electrons. The highest BCUT2D eigenvalue weighted by molar-refractivity contribution is 8.18. The van der Waals surface area contributed by atoms with Gasteiger partial charge in [-0.3, -0.25) is 19.7 Å². The van der Waals surface area contributed by atoms with Crippen LogP contribution < -0.4 is 19.5 Å². The van der Waals surface area contributed by atoms with Gasteiger partial charge in [-0.2, -0.15) is 0 Å². The first-order chi connectivity index (χ1) is 13.5. The van der Waals surface area contributed by atoms with Gasteiger partial charge in [0.15, 0.2) is 11.5 Å². The minimum absolute atomic E-state index is 0.0951. The Morgan fingerprint density at radius 2 is 1.79 bits per heavy atom. The molecule has 0 aromatic heterocycles. The van der Waals surface area contributed by atoms with E-state index >= 15 is 0 Å². The minimum atomic E-state index is -0.441. The van der Waals surface area contributed by atoms with Crippen LogP contribution in [0, 0.1) is 0 Å². The van der Waals surface area contributed by atoms with Crippen molar-refractivity contribution in [3.63, 3.8) is 0 Å². The zero-order valence-corrected chi connectivity index (χ0v) is 16.0. The van der Waals surface area contributed by atoms with Crippen LogP contribution in [0.3, 0.4) is 0 Å². The van der Waals surface area contributed by atoms with E-state index in [2.05, 4.69) is 5.32 Å². The normalized spacial score (nSPS) is 14.7. The molecule has 0 saturated carbocycles. The number of ether oxygens (including phenoxy) is 3. The number of imide groups is 1. The molecule has 2 amide bonds. The van der Waals surface area contributed by atoms with Crippen molar-refractivity contribution in [1.29, 1.82) is 0 Å². The van der Waals surface area contributed by atoms with E-state index in [0.29, 0.717) is 17.1 Å². The van der Waals surface area contributed by atoms with Gasteiger partial charge in [0, 0.05) is 0 Å². The Morgan fingerprint density at radius 3 is 2.39 bits per heavy atom. The van der Waals surface area contributed by atoms with Crippen molar-refractivity contribution in [1.82, 2.24) is 5.32 Å². The van der Waals surface area contributed by atoms with Crippen molar-refractivity contribution in [3.05, 3.63) is 58.5 Å². The van der Waals surface area contributed by atoms with Crippen molar-refractivity contribution in [3.8, 4) is 17.2 Å². The third kappa shape index (κ3) is 4.72. The number of benzene rings is 2. The molecule has 1 aliphatic rings. The molecule has 1 heterocycles. The van der Waals surface area contributed by atoms with Crippen molar-refractivity contribution in [2.75, 3.05) is 14.2 Å². The number of carbonyl (C=O) groups excluding carboxylic acids is 3. The Hall–Kier alpha value is -3.26. The topological polar surface area (TPSA) is 90.9 Å². The number of rotatable bonds is 6. The first kappa shape index (κ1) is 19.5. The molecule has 3 rings (SSSR count). The summed E-state index contributed by atoms with van der Waals surface area (Å²) in [6.45, 7) is 0. The highest BCUT2D eigenvalue weighted by atomic mass is 32.2. The van der Waals surface area contributed by atoms with E-state index in [-0.39, 0.29) is 17.1 Å². The van der Waals surface area contributed by atoms with Gasteiger partial charge in [0.1, 0.15) is 5.75 Å². The molecule has 0 bridgehead atoms. The van der Waals surface area contributed by atoms with Crippen LogP contribution in [0.1, 0.15) is 11.1 Å². The molecule has 1 aliphatic heterocycles. The van der Waals surface area contributed by atoms with Gasteiger partial charge in [-0.25, -0.2) is 0 Å². The quantitative estimate of drug-likeness (QED) is 0.453. The fourth-order valence-corrected chi connectivity index (χ4v) is 3.18. The van der Waals surface area contributed by atoms with Crippen LogP contribution >= 0.6 is 11.8 Å². The highest BCUT2D eigenvalue weighted by Crippen LogP contribution is 2.31. The molecule has 28 heavy (non-hydrogen) atoms. The van der Waals surface area contributed by atoms with E-state index in [0.717, 1.165) is 17.3 Å². The number of methoxy groups -OCH3 is 2. The maximum Gasteiger partial charge on any atom is 0.315 e. The molecular formula is C20H17NO6S. The number of hydrogen-bond donors (Lipinski definition) is 1. The van der Waals surface area contributed by atoms with E-state index in [1.54, 1.807) is 55.7 Å². The van der Waals surface area contributed by atoms with Gasteiger partial charge < -0.3 is 14.2 Å². The molecule has 0 aliphatic carbocycles. The average molecular weight is 399 g/mol. The number of carbonyl (C=O) groups is 3. The van der Waals surface area contributed by atoms with Gasteiger partial charge in [-0.15, -0.1) is 0 Å². The van der Waals surface area contributed by atoms with E-state index in [4.69, 9.17) is 14.2 Å². The number of esters is 1. The maximum atomic E-state index is 12.2. The number of hydrogen-bond acceptors (Lipinski definition) is 7. The Morgan fingerprint density at radius 1 is 1.04 bits per heavy atom. The van der Waals surface area contributed by atoms with Crippen molar-refractivity contribution in [2.45, 2.75) is 6.42 Å². The summed E-state index contributed by atoms with van der Waals surface area (Å²) in [6, 6.07) is 12.0. The fraction of sp³-hybridized carbons (Fsp3) is 0.150. The lowest BCUT2D eigenvalue weighted by Gasteiger charge is -2.10. The van der Waals surface area contributed by atoms with Crippen LogP contribution in [0.5, 0.6) is 17.2 Å². The summed E-state index contributed by atoms with van der Waals surface area (Å²) in [4.78, 5) is 35.4. The summed E-state index contributed by atoms with van der Waals surface area (Å²) in [7, 11) is 3.03. The van der Waals surface area contributed by atoms with Crippen LogP contribution in [0.2, 0.25) is 0 Å². The second-order valence-corrected chi connectivity index (χ2v) is 6.78. The molecule has 1 N–H and O–H groups in total. The number of amides is 2. The predicted molar refractivity (Wildman–Crippen MR) is 104 cm³/mol. The lowest BCUT2D eigenvalue weighted by Crippen LogP contribution is -2.17. The first-order valence-corrected chi connectivity index (χ1v) is 9.06. The molecule has 2 aromatic rings. The van der Waals surface area contributed by atoms with Crippen LogP contribution in [-0.2, 0) is 16.0 Å². The minimum Gasteiger partial charge on any atom is -0.497 e. The van der Waals surface area contributed by atoms with E-state index in [9.17, 15) is 14.4 Å². The molecule has 1 fully saturated rings. The van der Waals surface area contributed by atoms with Gasteiger partial charge in [0.05, 0.1) is 25.5 Å². The molecular weight excluding hydrogens is 382 g/mol. The third-order valence-electron chi connectivity index (χ3n) is 3.86. The summed E-state index contributed by atoms with van der Waals surface area (Å²) in [5, 5.41) is 1.78. The molecule has 0 unspecified atom stereocenters. The first-order valence-electron chi connectivity index (χ1n) is 8.25. The zero-order valence-electron chi connectivity index (χ0n) is 15.2. The van der Waals surface area contributed by atoms with Gasteiger partial charge in [-0.05, 0) is 53.2 Å². The lowest BCUT2D eigenvalue weighted by molar-refractivity contribution is -0.133. The summed E-state index contributed by atoms with van der Waals surface area (Å²) < 4.78 is 15.8. The smallest absolute Gasteiger partial charge is 0.315 e. The zero-order chi connectivity index (χ0) is 20.1. The second-order valence-electron chi connectivity index (χ2n) is 5.76. The average Bonchev–Trinajstić information content (AvgIpc) is 3.00. The van der Waals surface area contributed by atoms with Crippen LogP contribution in [0.4, 0.5) is 4.79 Å². The number of nitrogens with one attached hydrogen (secondary N) is 1. The summed E-state index contributed by atoms with van der Waals surface area (Å²) in [5.74, 6) is 0.434. The van der Waals surface area contributed by atoms with Crippen molar-refractivity contribution >= 4 is 35.0 Å². The third-order valence-corrected chi connectivity index (χ3v) is 4.67. The summed E-state index contributed by atoms with van der Waals surface area (Å²) in [6.07, 6.45) is 1.66. The number of thioether (sulfide) groups is 1. The van der Waals surface area contributed by atoms with Gasteiger partial charge in [0.2, 0.25) is 0 Å². The summed E-state index contributed by atoms with van der Waals surface area (Å²) >= 11 is 0.827. The van der Waals surface area contributed by atoms with Crippen molar-refractivity contribution < 1.29 is 28.6 Å². The molecule has 1 saturated heterocycles. The Labute approximate surface area is 165 Å². The monoisotopic (exact) mass is 399 g/mol. The SMILES string of the molecule is COc1ccc(CC(=O)Oc2ccc(C=C3SC(=O)NC3=O)cc2OC)cc1. The van der Waals surface area contributed by atoms with E-state index in [1.807, 2.05) is 0 Å². The maximum absolute atomic E-state index is 12.2. The Balaban J connectivity index is 1.71. The lowest BCUT2D eigenvalue weighted by atomic mass is 10.1. The van der Waals surface area contributed by atoms with Crippen LogP contribution in [0.25, 0.3) is 6.08 Å².